The Morgan fingerprint density at radius 1 is 1.00 bits per heavy atom. The second kappa shape index (κ2) is 8.34. The summed E-state index contributed by atoms with van der Waals surface area (Å²) in [5, 5.41) is 0.745. The Bertz CT molecular complexity index is 1020. The van der Waals surface area contributed by atoms with Crippen LogP contribution in [0.25, 0.3) is 10.9 Å². The third kappa shape index (κ3) is 3.81. The minimum Gasteiger partial charge on any atom is -0.451 e. The van der Waals surface area contributed by atoms with Crippen molar-refractivity contribution in [1.82, 2.24) is 4.98 Å². The van der Waals surface area contributed by atoms with Crippen LogP contribution in [0.2, 0.25) is 0 Å². The molecule has 1 unspecified atom stereocenters. The predicted molar refractivity (Wildman–Crippen MR) is 111 cm³/mol. The minimum absolute atomic E-state index is 0.206. The van der Waals surface area contributed by atoms with Gasteiger partial charge in [-0.2, -0.15) is 0 Å². The third-order valence-electron chi connectivity index (χ3n) is 5.08. The fourth-order valence-electron chi connectivity index (χ4n) is 3.38. The van der Waals surface area contributed by atoms with E-state index in [2.05, 4.69) is 11.9 Å². The molecule has 0 spiro atoms. The summed E-state index contributed by atoms with van der Waals surface area (Å²) in [6.07, 6.45) is 0.763. The highest BCUT2D eigenvalue weighted by molar-refractivity contribution is 6.07. The molecule has 0 fully saturated rings. The molecule has 0 aliphatic rings. The summed E-state index contributed by atoms with van der Waals surface area (Å²) in [4.78, 5) is 30.3. The zero-order valence-electron chi connectivity index (χ0n) is 16.8. The van der Waals surface area contributed by atoms with Gasteiger partial charge in [0.15, 0.2) is 6.10 Å². The largest absolute Gasteiger partial charge is 0.451 e. The Labute approximate surface area is 165 Å². The number of nitrogens with zero attached hydrogens (tertiary/aromatic N) is 1. The molecule has 4 nitrogen and oxygen atoms in total. The van der Waals surface area contributed by atoms with Crippen LogP contribution in [0, 0.1) is 6.92 Å². The number of rotatable bonds is 6. The van der Waals surface area contributed by atoms with E-state index in [4.69, 9.17) is 4.74 Å². The third-order valence-corrected chi connectivity index (χ3v) is 5.08. The fraction of sp³-hybridized carbons (Fsp3) is 0.292. The number of ether oxygens (including phenoxy) is 1. The van der Waals surface area contributed by atoms with Gasteiger partial charge in [0.2, 0.25) is 5.78 Å². The first-order valence-electron chi connectivity index (χ1n) is 9.68. The second-order valence-electron chi connectivity index (χ2n) is 6.89. The molecule has 28 heavy (non-hydrogen) atoms. The van der Waals surface area contributed by atoms with E-state index in [1.54, 1.807) is 19.1 Å². The summed E-state index contributed by atoms with van der Waals surface area (Å²) in [7, 11) is 0. The number of pyridine rings is 1. The molecule has 144 valence electrons. The first kappa shape index (κ1) is 19.7. The van der Waals surface area contributed by atoms with Gasteiger partial charge >= 0.3 is 5.97 Å². The van der Waals surface area contributed by atoms with Crippen molar-refractivity contribution in [3.63, 3.8) is 0 Å². The highest BCUT2D eigenvalue weighted by Gasteiger charge is 2.24. The smallest absolute Gasteiger partial charge is 0.339 e. The summed E-state index contributed by atoms with van der Waals surface area (Å²) in [5.74, 6) is -0.695. The summed E-state index contributed by atoms with van der Waals surface area (Å²) in [6, 6.07) is 14.9. The molecule has 0 aliphatic carbocycles. The van der Waals surface area contributed by atoms with Crippen LogP contribution in [-0.2, 0) is 17.6 Å². The summed E-state index contributed by atoms with van der Waals surface area (Å²) in [6.45, 7) is 7.57. The highest BCUT2D eigenvalue weighted by atomic mass is 16.5. The van der Waals surface area contributed by atoms with Crippen molar-refractivity contribution < 1.29 is 14.3 Å². The van der Waals surface area contributed by atoms with Crippen molar-refractivity contribution in [3.8, 4) is 0 Å². The van der Waals surface area contributed by atoms with Gasteiger partial charge in [0.05, 0.1) is 11.1 Å². The molecule has 0 bridgehead atoms. The Kier molecular flexibility index (Phi) is 5.88. The van der Waals surface area contributed by atoms with Crippen molar-refractivity contribution in [2.45, 2.75) is 46.6 Å². The Balaban J connectivity index is 1.89. The second-order valence-corrected chi connectivity index (χ2v) is 6.89. The first-order valence-corrected chi connectivity index (χ1v) is 9.68. The Morgan fingerprint density at radius 3 is 2.32 bits per heavy atom. The van der Waals surface area contributed by atoms with Gasteiger partial charge in [-0.3, -0.25) is 9.78 Å². The van der Waals surface area contributed by atoms with Gasteiger partial charge in [-0.25, -0.2) is 4.79 Å². The number of Topliss-reactive ketones (excluding diaryl/α,β-unsaturated/α-hetero) is 1. The van der Waals surface area contributed by atoms with Crippen molar-refractivity contribution in [3.05, 3.63) is 76.5 Å². The quantitative estimate of drug-likeness (QED) is 0.444. The number of para-hydroxylation sites is 1. The molecule has 4 heteroatoms. The average molecular weight is 375 g/mol. The number of fused-ring (bicyclic) bond motifs is 1. The molecule has 0 aliphatic heterocycles. The van der Waals surface area contributed by atoms with Crippen LogP contribution in [0.15, 0.2) is 48.5 Å². The summed E-state index contributed by atoms with van der Waals surface area (Å²) < 4.78 is 5.58. The molecule has 0 amide bonds. The SMILES string of the molecule is CCc1ccc(C(=O)C(C)OC(=O)c2c(C)c(CC)nc3ccccc23)cc1. The van der Waals surface area contributed by atoms with E-state index >= 15 is 0 Å². The molecule has 0 radical (unpaired) electrons. The maximum atomic E-state index is 13.0. The number of ketones is 1. The first-order chi connectivity index (χ1) is 13.5. The monoisotopic (exact) mass is 375 g/mol. The molecular formula is C24H25NO3. The van der Waals surface area contributed by atoms with Crippen LogP contribution >= 0.6 is 0 Å². The number of aryl methyl sites for hydroxylation is 2. The molecule has 0 saturated heterocycles. The van der Waals surface area contributed by atoms with E-state index in [0.29, 0.717) is 11.1 Å². The lowest BCUT2D eigenvalue weighted by atomic mass is 10.00. The zero-order chi connectivity index (χ0) is 20.3. The lowest BCUT2D eigenvalue weighted by Gasteiger charge is -2.16. The molecule has 1 heterocycles. The number of hydrogen-bond acceptors (Lipinski definition) is 4. The van der Waals surface area contributed by atoms with Crippen molar-refractivity contribution in [2.75, 3.05) is 0 Å². The number of benzene rings is 2. The van der Waals surface area contributed by atoms with Crippen LogP contribution in [0.3, 0.4) is 0 Å². The van der Waals surface area contributed by atoms with Gasteiger partial charge in [0, 0.05) is 16.6 Å². The lowest BCUT2D eigenvalue weighted by Crippen LogP contribution is -2.25. The minimum atomic E-state index is -0.864. The topological polar surface area (TPSA) is 56.3 Å². The average Bonchev–Trinajstić information content (AvgIpc) is 2.72. The van der Waals surface area contributed by atoms with Gasteiger partial charge in [0.1, 0.15) is 0 Å². The molecule has 1 aromatic heterocycles. The van der Waals surface area contributed by atoms with Crippen LogP contribution < -0.4 is 0 Å². The molecule has 3 aromatic rings. The number of carbonyl (C=O) groups excluding carboxylic acids is 2. The molecular weight excluding hydrogens is 350 g/mol. The van der Waals surface area contributed by atoms with Gasteiger partial charge in [-0.05, 0) is 43.9 Å². The zero-order valence-corrected chi connectivity index (χ0v) is 16.8. The van der Waals surface area contributed by atoms with Gasteiger partial charge in [-0.1, -0.05) is 56.3 Å². The predicted octanol–water partition coefficient (Wildman–Crippen LogP) is 5.10. The van der Waals surface area contributed by atoms with Crippen molar-refractivity contribution in [2.24, 2.45) is 0 Å². The van der Waals surface area contributed by atoms with Crippen LogP contribution in [0.4, 0.5) is 0 Å². The van der Waals surface area contributed by atoms with Crippen molar-refractivity contribution in [1.29, 1.82) is 0 Å². The fourth-order valence-corrected chi connectivity index (χ4v) is 3.38. The van der Waals surface area contributed by atoms with Gasteiger partial charge in [-0.15, -0.1) is 0 Å². The number of hydrogen-bond donors (Lipinski definition) is 0. The standard InChI is InChI=1S/C24H25NO3/c1-5-17-11-13-18(14-12-17)23(26)16(4)28-24(27)22-15(3)20(6-2)25-21-10-8-7-9-19(21)22/h7-14,16H,5-6H2,1-4H3. The Morgan fingerprint density at radius 2 is 1.68 bits per heavy atom. The summed E-state index contributed by atoms with van der Waals surface area (Å²) in [5.41, 5.74) is 4.61. The number of aromatic nitrogens is 1. The van der Waals surface area contributed by atoms with Gasteiger partial charge < -0.3 is 4.74 Å². The van der Waals surface area contributed by atoms with Crippen LogP contribution in [0.1, 0.15) is 58.3 Å². The molecule has 0 saturated carbocycles. The maximum Gasteiger partial charge on any atom is 0.339 e. The van der Waals surface area contributed by atoms with E-state index < -0.39 is 12.1 Å². The van der Waals surface area contributed by atoms with Crippen LogP contribution in [-0.4, -0.2) is 22.8 Å². The maximum absolute atomic E-state index is 13.0. The normalized spacial score (nSPS) is 12.0. The molecule has 1 atom stereocenters. The molecule has 2 aromatic carbocycles. The number of esters is 1. The van der Waals surface area contributed by atoms with E-state index in [1.165, 1.54) is 0 Å². The van der Waals surface area contributed by atoms with Crippen molar-refractivity contribution >= 4 is 22.7 Å². The van der Waals surface area contributed by atoms with Gasteiger partial charge in [0.25, 0.3) is 0 Å². The van der Waals surface area contributed by atoms with E-state index in [1.807, 2.05) is 50.2 Å². The highest BCUT2D eigenvalue weighted by Crippen LogP contribution is 2.25. The molecule has 0 N–H and O–H groups in total. The van der Waals surface area contributed by atoms with Crippen LogP contribution in [0.5, 0.6) is 0 Å². The Hall–Kier alpha value is -3.01. The van der Waals surface area contributed by atoms with E-state index in [0.717, 1.165) is 40.6 Å². The number of carbonyl (C=O) groups is 2. The van der Waals surface area contributed by atoms with E-state index in [-0.39, 0.29) is 5.78 Å². The lowest BCUT2D eigenvalue weighted by molar-refractivity contribution is 0.0320. The summed E-state index contributed by atoms with van der Waals surface area (Å²) >= 11 is 0. The molecule has 3 rings (SSSR count). The van der Waals surface area contributed by atoms with E-state index in [9.17, 15) is 9.59 Å².